The lowest BCUT2D eigenvalue weighted by Crippen LogP contribution is -2.25. The zero-order valence-electron chi connectivity index (χ0n) is 9.43. The van der Waals surface area contributed by atoms with E-state index in [1.165, 1.54) is 12.1 Å². The van der Waals surface area contributed by atoms with Gasteiger partial charge in [0.1, 0.15) is 5.82 Å². The fraction of sp³-hybridized carbons (Fsp3) is 0.500. The highest BCUT2D eigenvalue weighted by Crippen LogP contribution is 2.28. The van der Waals surface area contributed by atoms with Crippen molar-refractivity contribution in [2.24, 2.45) is 11.7 Å². The number of benzene rings is 1. The van der Waals surface area contributed by atoms with Crippen LogP contribution in [0.3, 0.4) is 0 Å². The van der Waals surface area contributed by atoms with E-state index in [0.29, 0.717) is 17.9 Å². The quantitative estimate of drug-likeness (QED) is 0.649. The van der Waals surface area contributed by atoms with Crippen LogP contribution in [0.4, 0.5) is 10.1 Å². The van der Waals surface area contributed by atoms with Gasteiger partial charge in [-0.2, -0.15) is 0 Å². The average molecular weight is 238 g/mol. The third kappa shape index (κ3) is 2.79. The average Bonchev–Trinajstić information content (AvgIpc) is 2.63. The first kappa shape index (κ1) is 12.0. The number of nitro benzene ring substituents is 1. The largest absolute Gasteiger partial charge is 0.327 e. The number of nitro groups is 1. The van der Waals surface area contributed by atoms with E-state index in [1.54, 1.807) is 0 Å². The molecule has 1 aliphatic carbocycles. The molecule has 1 saturated carbocycles. The molecule has 17 heavy (non-hydrogen) atoms. The molecule has 92 valence electrons. The van der Waals surface area contributed by atoms with Gasteiger partial charge in [-0.1, -0.05) is 6.42 Å². The molecule has 0 radical (unpaired) electrons. The molecule has 1 aromatic carbocycles. The molecule has 2 atom stereocenters. The number of nitrogens with two attached hydrogens (primary N) is 1. The molecule has 5 heteroatoms. The van der Waals surface area contributed by atoms with E-state index < -0.39 is 10.7 Å². The van der Waals surface area contributed by atoms with Crippen LogP contribution in [0.25, 0.3) is 0 Å². The molecule has 0 bridgehead atoms. The zero-order chi connectivity index (χ0) is 12.4. The molecule has 2 N–H and O–H groups in total. The maximum absolute atomic E-state index is 13.2. The van der Waals surface area contributed by atoms with Crippen LogP contribution in [0.15, 0.2) is 18.2 Å². The van der Waals surface area contributed by atoms with Crippen LogP contribution in [-0.4, -0.2) is 11.0 Å². The Hall–Kier alpha value is -1.49. The Bertz CT molecular complexity index is 437. The van der Waals surface area contributed by atoms with Crippen molar-refractivity contribution in [2.45, 2.75) is 31.7 Å². The van der Waals surface area contributed by atoms with Gasteiger partial charge in [-0.3, -0.25) is 10.1 Å². The van der Waals surface area contributed by atoms with E-state index in [9.17, 15) is 14.5 Å². The lowest BCUT2D eigenvalue weighted by molar-refractivity contribution is -0.385. The van der Waals surface area contributed by atoms with Crippen LogP contribution < -0.4 is 5.73 Å². The minimum absolute atomic E-state index is 0.136. The van der Waals surface area contributed by atoms with Gasteiger partial charge in [0, 0.05) is 12.1 Å². The molecule has 1 fully saturated rings. The summed E-state index contributed by atoms with van der Waals surface area (Å²) in [7, 11) is 0. The van der Waals surface area contributed by atoms with Crippen molar-refractivity contribution in [1.29, 1.82) is 0 Å². The third-order valence-corrected chi connectivity index (χ3v) is 3.37. The first-order valence-corrected chi connectivity index (χ1v) is 5.75. The van der Waals surface area contributed by atoms with Crippen molar-refractivity contribution in [3.63, 3.8) is 0 Å². The van der Waals surface area contributed by atoms with Gasteiger partial charge in [-0.05, 0) is 36.8 Å². The Balaban J connectivity index is 2.17. The summed E-state index contributed by atoms with van der Waals surface area (Å²) in [4.78, 5) is 10.1. The van der Waals surface area contributed by atoms with Crippen molar-refractivity contribution < 1.29 is 9.31 Å². The Labute approximate surface area is 98.8 Å². The van der Waals surface area contributed by atoms with Crippen molar-refractivity contribution in [1.82, 2.24) is 0 Å². The van der Waals surface area contributed by atoms with E-state index >= 15 is 0 Å². The Morgan fingerprint density at radius 2 is 2.18 bits per heavy atom. The lowest BCUT2D eigenvalue weighted by Gasteiger charge is -2.14. The Morgan fingerprint density at radius 3 is 2.76 bits per heavy atom. The SMILES string of the molecule is NC1CCCC1Cc1cc(F)cc([N+](=O)[O-])c1. The number of nitrogens with zero attached hydrogens (tertiary/aromatic N) is 1. The van der Waals surface area contributed by atoms with Gasteiger partial charge < -0.3 is 5.73 Å². The number of non-ortho nitro benzene ring substituents is 1. The molecule has 0 amide bonds. The number of rotatable bonds is 3. The van der Waals surface area contributed by atoms with Crippen LogP contribution in [0.1, 0.15) is 24.8 Å². The molecule has 0 spiro atoms. The molecular formula is C12H15FN2O2. The maximum atomic E-state index is 13.2. The van der Waals surface area contributed by atoms with Gasteiger partial charge in [-0.15, -0.1) is 0 Å². The van der Waals surface area contributed by atoms with E-state index in [-0.39, 0.29) is 11.7 Å². The third-order valence-electron chi connectivity index (χ3n) is 3.37. The van der Waals surface area contributed by atoms with E-state index in [0.717, 1.165) is 25.3 Å². The fourth-order valence-corrected chi connectivity index (χ4v) is 2.48. The van der Waals surface area contributed by atoms with Crippen LogP contribution in [0.5, 0.6) is 0 Å². The molecule has 0 saturated heterocycles. The topological polar surface area (TPSA) is 69.2 Å². The van der Waals surface area contributed by atoms with Gasteiger partial charge in [0.05, 0.1) is 11.0 Å². The zero-order valence-corrected chi connectivity index (χ0v) is 9.43. The second kappa shape index (κ2) is 4.79. The Kier molecular flexibility index (Phi) is 3.38. The maximum Gasteiger partial charge on any atom is 0.272 e. The minimum atomic E-state index is -0.568. The molecule has 2 unspecified atom stereocenters. The van der Waals surface area contributed by atoms with Crippen LogP contribution in [0.2, 0.25) is 0 Å². The summed E-state index contributed by atoms with van der Waals surface area (Å²) in [6.45, 7) is 0. The van der Waals surface area contributed by atoms with Gasteiger partial charge in [-0.25, -0.2) is 4.39 Å². The Morgan fingerprint density at radius 1 is 1.41 bits per heavy atom. The minimum Gasteiger partial charge on any atom is -0.327 e. The predicted molar refractivity (Wildman–Crippen MR) is 62.1 cm³/mol. The van der Waals surface area contributed by atoms with Crippen molar-refractivity contribution in [2.75, 3.05) is 0 Å². The summed E-state index contributed by atoms with van der Waals surface area (Å²) in [6, 6.07) is 3.88. The lowest BCUT2D eigenvalue weighted by atomic mass is 9.95. The first-order chi connectivity index (χ1) is 8.06. The second-order valence-electron chi connectivity index (χ2n) is 4.63. The van der Waals surface area contributed by atoms with E-state index in [4.69, 9.17) is 5.73 Å². The summed E-state index contributed by atoms with van der Waals surface area (Å²) >= 11 is 0. The summed E-state index contributed by atoms with van der Waals surface area (Å²) < 4.78 is 13.2. The van der Waals surface area contributed by atoms with Gasteiger partial charge in [0.15, 0.2) is 0 Å². The molecular weight excluding hydrogens is 223 g/mol. The number of halogens is 1. The van der Waals surface area contributed by atoms with E-state index in [1.807, 2.05) is 0 Å². The fourth-order valence-electron chi connectivity index (χ4n) is 2.48. The first-order valence-electron chi connectivity index (χ1n) is 5.75. The summed E-state index contributed by atoms with van der Waals surface area (Å²) in [5, 5.41) is 10.6. The van der Waals surface area contributed by atoms with Gasteiger partial charge >= 0.3 is 0 Å². The monoisotopic (exact) mass is 238 g/mol. The molecule has 0 aliphatic heterocycles. The van der Waals surface area contributed by atoms with Gasteiger partial charge in [0.25, 0.3) is 5.69 Å². The molecule has 0 aromatic heterocycles. The highest BCUT2D eigenvalue weighted by Gasteiger charge is 2.24. The summed E-state index contributed by atoms with van der Waals surface area (Å²) in [5.41, 5.74) is 6.41. The second-order valence-corrected chi connectivity index (χ2v) is 4.63. The van der Waals surface area contributed by atoms with Gasteiger partial charge in [0.2, 0.25) is 0 Å². The molecule has 1 aromatic rings. The molecule has 4 nitrogen and oxygen atoms in total. The number of hydrogen-bond acceptors (Lipinski definition) is 3. The molecule has 0 heterocycles. The highest BCUT2D eigenvalue weighted by atomic mass is 19.1. The smallest absolute Gasteiger partial charge is 0.272 e. The molecule has 2 rings (SSSR count). The van der Waals surface area contributed by atoms with Crippen molar-refractivity contribution in [3.8, 4) is 0 Å². The summed E-state index contributed by atoms with van der Waals surface area (Å²) in [5.74, 6) is -0.239. The molecule has 1 aliphatic rings. The summed E-state index contributed by atoms with van der Waals surface area (Å²) in [6.07, 6.45) is 3.72. The van der Waals surface area contributed by atoms with Crippen molar-refractivity contribution in [3.05, 3.63) is 39.7 Å². The standard InChI is InChI=1S/C12H15FN2O2/c13-10-5-8(6-11(7-10)15(16)17)4-9-2-1-3-12(9)14/h5-7,9,12H,1-4,14H2. The van der Waals surface area contributed by atoms with Crippen LogP contribution in [-0.2, 0) is 6.42 Å². The van der Waals surface area contributed by atoms with Crippen LogP contribution in [0, 0.1) is 21.8 Å². The number of hydrogen-bond donors (Lipinski definition) is 1. The van der Waals surface area contributed by atoms with Crippen molar-refractivity contribution >= 4 is 5.69 Å². The predicted octanol–water partition coefficient (Wildman–Crippen LogP) is 2.40. The van der Waals surface area contributed by atoms with Crippen LogP contribution >= 0.6 is 0 Å². The van der Waals surface area contributed by atoms with E-state index in [2.05, 4.69) is 0 Å². The normalized spacial score (nSPS) is 23.9. The highest BCUT2D eigenvalue weighted by molar-refractivity contribution is 5.35.